The zero-order chi connectivity index (χ0) is 19.6. The van der Waals surface area contributed by atoms with Crippen LogP contribution < -0.4 is 21.3 Å². The largest absolute Gasteiger partial charge is 0.756 e. The van der Waals surface area contributed by atoms with Gasteiger partial charge in [-0.2, -0.15) is 0 Å². The Balaban J connectivity index is 0. The van der Waals surface area contributed by atoms with E-state index in [4.69, 9.17) is 32.1 Å². The molecule has 0 bridgehead atoms. The highest BCUT2D eigenvalue weighted by molar-refractivity contribution is 7.45. The van der Waals surface area contributed by atoms with Crippen molar-refractivity contribution in [3.05, 3.63) is 0 Å². The maximum Gasteiger partial charge on any atom is 0.265 e. The van der Waals surface area contributed by atoms with E-state index >= 15 is 0 Å². The fourth-order valence-corrected chi connectivity index (χ4v) is 1.45. The summed E-state index contributed by atoms with van der Waals surface area (Å²) >= 11 is 0. The van der Waals surface area contributed by atoms with Crippen molar-refractivity contribution >= 4 is 27.6 Å². The fraction of sp³-hybridized carbons (Fsp3) is 0.750. The molecule has 0 rings (SSSR count). The highest BCUT2D eigenvalue weighted by atomic mass is 31.2. The Bertz CT molecular complexity index is 449. The second-order valence-electron chi connectivity index (χ2n) is 4.22. The number of nitrogens with two attached hydrogens (primary N) is 2. The molecule has 0 saturated heterocycles. The van der Waals surface area contributed by atoms with Crippen molar-refractivity contribution in [3.8, 4) is 0 Å². The van der Waals surface area contributed by atoms with Crippen LogP contribution in [0.2, 0.25) is 0 Å². The second-order valence-corrected chi connectivity index (χ2v) is 6.61. The summed E-state index contributed by atoms with van der Waals surface area (Å²) in [6.07, 6.45) is 0. The lowest BCUT2D eigenvalue weighted by molar-refractivity contribution is -0.221. The van der Waals surface area contributed by atoms with E-state index in [0.29, 0.717) is 0 Å². The van der Waals surface area contributed by atoms with Crippen molar-refractivity contribution in [2.75, 3.05) is 40.4 Å². The summed E-state index contributed by atoms with van der Waals surface area (Å²) in [5.74, 6) is -0.394. The molecule has 0 spiro atoms. The summed E-state index contributed by atoms with van der Waals surface area (Å²) in [7, 11) is -6.28. The number of nitrogens with one attached hydrogen (secondary N) is 2. The molecule has 0 aromatic heterocycles. The van der Waals surface area contributed by atoms with Gasteiger partial charge in [0.1, 0.15) is 0 Å². The van der Waals surface area contributed by atoms with Gasteiger partial charge in [-0.05, 0) is 0 Å². The first-order valence-electron chi connectivity index (χ1n) is 6.12. The topological polar surface area (TPSA) is 245 Å². The first kappa shape index (κ1) is 25.0. The molecule has 0 radical (unpaired) electrons. The molecule has 0 aromatic carbocycles. The molecule has 0 fully saturated rings. The van der Waals surface area contributed by atoms with Crippen molar-refractivity contribution in [1.82, 2.24) is 9.80 Å². The molecule has 0 heterocycles. The molecule has 8 N–H and O–H groups in total. The molecule has 0 aliphatic carbocycles. The number of hydrogen-bond acceptors (Lipinski definition) is 8. The first-order chi connectivity index (χ1) is 10.7. The molecule has 14 nitrogen and oxygen atoms in total. The van der Waals surface area contributed by atoms with Crippen molar-refractivity contribution in [1.29, 1.82) is 10.8 Å². The highest BCUT2D eigenvalue weighted by Gasteiger charge is 2.04. The van der Waals surface area contributed by atoms with E-state index in [1.165, 1.54) is 23.9 Å². The van der Waals surface area contributed by atoms with E-state index in [2.05, 4.69) is 9.05 Å². The number of likely N-dealkylation sites (N-methyl/N-ethyl adjacent to an activating group) is 2. The van der Waals surface area contributed by atoms with Crippen molar-refractivity contribution in [3.63, 3.8) is 0 Å². The maximum absolute atomic E-state index is 10.0. The summed E-state index contributed by atoms with van der Waals surface area (Å²) in [4.78, 5) is 38.9. The van der Waals surface area contributed by atoms with Gasteiger partial charge in [-0.1, -0.05) is 0 Å². The quantitative estimate of drug-likeness (QED) is 0.134. The van der Waals surface area contributed by atoms with Crippen LogP contribution in [0.1, 0.15) is 0 Å². The molecular weight excluding hydrogens is 370 g/mol. The van der Waals surface area contributed by atoms with Crippen LogP contribution in [-0.4, -0.2) is 71.9 Å². The minimum atomic E-state index is -4.64. The Morgan fingerprint density at radius 2 is 1.21 bits per heavy atom. The highest BCUT2D eigenvalue weighted by Crippen LogP contribution is 2.30. The van der Waals surface area contributed by atoms with Gasteiger partial charge in [-0.15, -0.1) is 0 Å². The first-order valence-corrected chi connectivity index (χ1v) is 9.12. The van der Waals surface area contributed by atoms with Crippen LogP contribution in [-0.2, 0) is 18.2 Å². The number of hydrogen-bond donors (Lipinski definition) is 6. The molecule has 0 aromatic rings. The molecular formula is C8H22N6O8P2-2. The minimum absolute atomic E-state index is 0.127. The molecule has 144 valence electrons. The lowest BCUT2D eigenvalue weighted by atomic mass is 10.6. The lowest BCUT2D eigenvalue weighted by Gasteiger charge is -2.19. The third-order valence-corrected chi connectivity index (χ3v) is 3.20. The SMILES string of the molecule is CN(CCOP(=O)([O-])O)C(=N)N.CN(CCOP(=O)([O-])O)C(=N)N. The zero-order valence-electron chi connectivity index (χ0n) is 13.1. The number of phosphoric ester groups is 2. The summed E-state index contributed by atoms with van der Waals surface area (Å²) in [5.41, 5.74) is 10.1. The van der Waals surface area contributed by atoms with Crippen molar-refractivity contribution in [2.24, 2.45) is 11.5 Å². The van der Waals surface area contributed by atoms with Gasteiger partial charge in [-0.3, -0.25) is 19.9 Å². The second kappa shape index (κ2) is 11.3. The maximum atomic E-state index is 10.0. The van der Waals surface area contributed by atoms with Gasteiger partial charge < -0.3 is 49.9 Å². The molecule has 2 atom stereocenters. The molecule has 2 unspecified atom stereocenters. The molecule has 0 saturated carbocycles. The smallest absolute Gasteiger partial charge is 0.265 e. The van der Waals surface area contributed by atoms with Crippen LogP contribution in [0.5, 0.6) is 0 Å². The number of guanidine groups is 2. The summed E-state index contributed by atoms with van der Waals surface area (Å²) in [6, 6.07) is 0. The Labute approximate surface area is 138 Å². The van der Waals surface area contributed by atoms with Gasteiger partial charge in [0.15, 0.2) is 11.9 Å². The van der Waals surface area contributed by atoms with Crippen LogP contribution in [0.3, 0.4) is 0 Å². The fourth-order valence-electron chi connectivity index (χ4n) is 0.827. The summed E-state index contributed by atoms with van der Waals surface area (Å²) < 4.78 is 28.1. The van der Waals surface area contributed by atoms with Gasteiger partial charge in [0.2, 0.25) is 0 Å². The molecule has 0 aliphatic rings. The number of rotatable bonds is 8. The Kier molecular flexibility index (Phi) is 11.8. The van der Waals surface area contributed by atoms with E-state index in [0.717, 1.165) is 0 Å². The number of phosphoric acid groups is 2. The van der Waals surface area contributed by atoms with Crippen LogP contribution in [0, 0.1) is 10.8 Å². The third kappa shape index (κ3) is 18.8. The monoisotopic (exact) mass is 392 g/mol. The summed E-state index contributed by atoms with van der Waals surface area (Å²) in [6.45, 7) is -0.203. The van der Waals surface area contributed by atoms with Crippen LogP contribution >= 0.6 is 15.6 Å². The molecule has 0 amide bonds. The van der Waals surface area contributed by atoms with E-state index in [1.54, 1.807) is 0 Å². The molecule has 16 heteroatoms. The average molecular weight is 392 g/mol. The van der Waals surface area contributed by atoms with E-state index < -0.39 is 15.6 Å². The van der Waals surface area contributed by atoms with E-state index in [-0.39, 0.29) is 38.2 Å². The van der Waals surface area contributed by atoms with Gasteiger partial charge in [-0.25, -0.2) is 0 Å². The summed E-state index contributed by atoms with van der Waals surface area (Å²) in [5, 5.41) is 13.7. The standard InChI is InChI=1S/2C4H12N3O4P/c2*1-7(4(5)6)2-3-11-12(8,9)10/h2*2-3H2,1H3,(H3,5,6)(H2,8,9,10)/p-2. The van der Waals surface area contributed by atoms with Crippen molar-refractivity contribution in [2.45, 2.75) is 0 Å². The van der Waals surface area contributed by atoms with Crippen LogP contribution in [0.25, 0.3) is 0 Å². The predicted molar refractivity (Wildman–Crippen MR) is 80.6 cm³/mol. The van der Waals surface area contributed by atoms with E-state index in [1.807, 2.05) is 0 Å². The molecule has 24 heavy (non-hydrogen) atoms. The third-order valence-electron chi connectivity index (χ3n) is 2.18. The van der Waals surface area contributed by atoms with Crippen molar-refractivity contribution < 1.29 is 37.8 Å². The van der Waals surface area contributed by atoms with Gasteiger partial charge in [0, 0.05) is 27.2 Å². The minimum Gasteiger partial charge on any atom is -0.756 e. The van der Waals surface area contributed by atoms with Crippen LogP contribution in [0.4, 0.5) is 0 Å². The van der Waals surface area contributed by atoms with Crippen LogP contribution in [0.15, 0.2) is 0 Å². The van der Waals surface area contributed by atoms with Gasteiger partial charge >= 0.3 is 0 Å². The Morgan fingerprint density at radius 1 is 0.958 bits per heavy atom. The number of nitrogens with zero attached hydrogens (tertiary/aromatic N) is 2. The Morgan fingerprint density at radius 3 is 1.38 bits per heavy atom. The average Bonchev–Trinajstić information content (AvgIpc) is 2.35. The Hall–Kier alpha value is -1.24. The lowest BCUT2D eigenvalue weighted by Crippen LogP contribution is -2.35. The van der Waals surface area contributed by atoms with Gasteiger partial charge in [0.25, 0.3) is 15.6 Å². The predicted octanol–water partition coefficient (Wildman–Crippen LogP) is -3.42. The normalized spacial score (nSPS) is 15.2. The molecule has 0 aliphatic heterocycles. The van der Waals surface area contributed by atoms with Gasteiger partial charge in [0.05, 0.1) is 13.2 Å². The van der Waals surface area contributed by atoms with E-state index in [9.17, 15) is 18.9 Å². The zero-order valence-corrected chi connectivity index (χ0v) is 14.9.